The lowest BCUT2D eigenvalue weighted by Crippen LogP contribution is -1.88. The maximum atomic E-state index is 13.5. The average molecular weight is 285 g/mol. The van der Waals surface area contributed by atoms with Crippen molar-refractivity contribution in [2.75, 3.05) is 0 Å². The number of benzene rings is 2. The van der Waals surface area contributed by atoms with Crippen LogP contribution in [0, 0.1) is 11.6 Å². The van der Waals surface area contributed by atoms with Crippen LogP contribution in [0.15, 0.2) is 40.9 Å². The summed E-state index contributed by atoms with van der Waals surface area (Å²) >= 11 is 3.19. The Balaban J connectivity index is 2.62. The quantitative estimate of drug-likeness (QED) is 0.836. The molecule has 0 saturated heterocycles. The van der Waals surface area contributed by atoms with E-state index < -0.39 is 11.6 Å². The number of phenols is 1. The summed E-state index contributed by atoms with van der Waals surface area (Å²) in [5.41, 5.74) is 0.281. The summed E-state index contributed by atoms with van der Waals surface area (Å²) in [6, 6.07) is 7.90. The van der Waals surface area contributed by atoms with E-state index in [0.717, 1.165) is 6.07 Å². The van der Waals surface area contributed by atoms with Gasteiger partial charge in [0.25, 0.3) is 0 Å². The first-order chi connectivity index (χ1) is 7.58. The Bertz CT molecular complexity index is 541. The molecule has 0 aromatic heterocycles. The number of halogens is 3. The maximum Gasteiger partial charge on any atom is 0.134 e. The fraction of sp³-hybridized carbons (Fsp3) is 0. The van der Waals surface area contributed by atoms with E-state index in [1.54, 1.807) is 0 Å². The predicted octanol–water partition coefficient (Wildman–Crippen LogP) is 4.10. The summed E-state index contributed by atoms with van der Waals surface area (Å²) in [4.78, 5) is 0. The minimum atomic E-state index is -0.656. The summed E-state index contributed by atoms with van der Waals surface area (Å²) in [5, 5.41) is 9.07. The van der Waals surface area contributed by atoms with Gasteiger partial charge in [0, 0.05) is 21.7 Å². The molecule has 0 aliphatic rings. The lowest BCUT2D eigenvalue weighted by atomic mass is 10.0. The van der Waals surface area contributed by atoms with E-state index in [9.17, 15) is 8.78 Å². The van der Waals surface area contributed by atoms with Gasteiger partial charge in [-0.15, -0.1) is 0 Å². The third-order valence-corrected chi connectivity index (χ3v) is 2.66. The Morgan fingerprint density at radius 3 is 2.31 bits per heavy atom. The highest BCUT2D eigenvalue weighted by atomic mass is 79.9. The summed E-state index contributed by atoms with van der Waals surface area (Å²) in [6.45, 7) is 0. The molecule has 2 rings (SSSR count). The molecule has 0 aliphatic heterocycles. The van der Waals surface area contributed by atoms with Crippen LogP contribution in [0.2, 0.25) is 0 Å². The summed E-state index contributed by atoms with van der Waals surface area (Å²) in [7, 11) is 0. The highest BCUT2D eigenvalue weighted by Crippen LogP contribution is 2.29. The first-order valence-electron chi connectivity index (χ1n) is 4.52. The van der Waals surface area contributed by atoms with Crippen molar-refractivity contribution in [3.63, 3.8) is 0 Å². The molecule has 0 bridgehead atoms. The Morgan fingerprint density at radius 2 is 1.62 bits per heavy atom. The molecule has 0 heterocycles. The molecule has 0 unspecified atom stereocenters. The molecule has 0 spiro atoms. The maximum absolute atomic E-state index is 13.5. The minimum Gasteiger partial charge on any atom is -0.508 e. The minimum absolute atomic E-state index is 0.122. The monoisotopic (exact) mass is 284 g/mol. The van der Waals surface area contributed by atoms with Crippen LogP contribution in [0.4, 0.5) is 8.78 Å². The zero-order valence-electron chi connectivity index (χ0n) is 8.05. The fourth-order valence-corrected chi connectivity index (χ4v) is 1.79. The third kappa shape index (κ3) is 2.07. The van der Waals surface area contributed by atoms with Gasteiger partial charge in [0.15, 0.2) is 0 Å². The van der Waals surface area contributed by atoms with Gasteiger partial charge in [-0.05, 0) is 30.3 Å². The predicted molar refractivity (Wildman–Crippen MR) is 61.2 cm³/mol. The van der Waals surface area contributed by atoms with Gasteiger partial charge in [-0.1, -0.05) is 15.9 Å². The van der Waals surface area contributed by atoms with Gasteiger partial charge >= 0.3 is 0 Å². The number of rotatable bonds is 1. The molecule has 0 aliphatic carbocycles. The average Bonchev–Trinajstić information content (AvgIpc) is 2.22. The second-order valence-corrected chi connectivity index (χ2v) is 4.20. The van der Waals surface area contributed by atoms with E-state index >= 15 is 0 Å². The van der Waals surface area contributed by atoms with Crippen molar-refractivity contribution in [3.8, 4) is 16.9 Å². The summed E-state index contributed by atoms with van der Waals surface area (Å²) < 4.78 is 27.7. The zero-order valence-corrected chi connectivity index (χ0v) is 9.63. The summed E-state index contributed by atoms with van der Waals surface area (Å²) in [6.07, 6.45) is 0. The van der Waals surface area contributed by atoms with Crippen LogP contribution in [0.3, 0.4) is 0 Å². The third-order valence-electron chi connectivity index (χ3n) is 2.17. The molecule has 0 radical (unpaired) electrons. The smallest absolute Gasteiger partial charge is 0.134 e. The van der Waals surface area contributed by atoms with E-state index in [1.165, 1.54) is 30.3 Å². The Kier molecular flexibility index (Phi) is 2.92. The first kappa shape index (κ1) is 11.1. The van der Waals surface area contributed by atoms with Gasteiger partial charge in [-0.2, -0.15) is 0 Å². The lowest BCUT2D eigenvalue weighted by Gasteiger charge is -2.06. The topological polar surface area (TPSA) is 20.2 Å². The van der Waals surface area contributed by atoms with Crippen LogP contribution in [0.5, 0.6) is 5.75 Å². The SMILES string of the molecule is Oc1ccc(-c2cc(Br)ccc2F)c(F)c1. The van der Waals surface area contributed by atoms with Crippen molar-refractivity contribution in [2.45, 2.75) is 0 Å². The zero-order chi connectivity index (χ0) is 11.7. The van der Waals surface area contributed by atoms with Crippen molar-refractivity contribution >= 4 is 15.9 Å². The van der Waals surface area contributed by atoms with Gasteiger partial charge in [-0.25, -0.2) is 8.78 Å². The molecule has 2 aromatic carbocycles. The standard InChI is InChI=1S/C12H7BrF2O/c13-7-1-4-11(14)10(5-7)9-3-2-8(16)6-12(9)15/h1-6,16H. The number of aromatic hydroxyl groups is 1. The Morgan fingerprint density at radius 1 is 0.875 bits per heavy atom. The number of hydrogen-bond acceptors (Lipinski definition) is 1. The van der Waals surface area contributed by atoms with Crippen molar-refractivity contribution in [1.29, 1.82) is 0 Å². The van der Waals surface area contributed by atoms with E-state index in [0.29, 0.717) is 4.47 Å². The molecule has 0 amide bonds. The molecule has 1 nitrogen and oxygen atoms in total. The van der Waals surface area contributed by atoms with Gasteiger partial charge in [-0.3, -0.25) is 0 Å². The molecular formula is C12H7BrF2O. The summed E-state index contributed by atoms with van der Waals surface area (Å²) in [5.74, 6) is -1.35. The van der Waals surface area contributed by atoms with Gasteiger partial charge < -0.3 is 5.11 Å². The molecule has 16 heavy (non-hydrogen) atoms. The lowest BCUT2D eigenvalue weighted by molar-refractivity contribution is 0.469. The van der Waals surface area contributed by atoms with Crippen molar-refractivity contribution < 1.29 is 13.9 Å². The van der Waals surface area contributed by atoms with Crippen LogP contribution < -0.4 is 0 Å². The second kappa shape index (κ2) is 4.22. The largest absolute Gasteiger partial charge is 0.508 e. The van der Waals surface area contributed by atoms with Crippen molar-refractivity contribution in [1.82, 2.24) is 0 Å². The van der Waals surface area contributed by atoms with Crippen LogP contribution in [0.1, 0.15) is 0 Å². The normalized spacial score (nSPS) is 10.4. The highest BCUT2D eigenvalue weighted by Gasteiger charge is 2.10. The van der Waals surface area contributed by atoms with Crippen LogP contribution in [-0.4, -0.2) is 5.11 Å². The molecule has 0 saturated carbocycles. The van der Waals surface area contributed by atoms with Crippen molar-refractivity contribution in [2.24, 2.45) is 0 Å². The molecule has 1 N–H and O–H groups in total. The number of phenolic OH excluding ortho intramolecular Hbond substituents is 1. The highest BCUT2D eigenvalue weighted by molar-refractivity contribution is 9.10. The van der Waals surface area contributed by atoms with E-state index in [2.05, 4.69) is 15.9 Å². The molecule has 2 aromatic rings. The second-order valence-electron chi connectivity index (χ2n) is 3.29. The molecular weight excluding hydrogens is 278 g/mol. The Hall–Kier alpha value is -1.42. The van der Waals surface area contributed by atoms with Crippen LogP contribution >= 0.6 is 15.9 Å². The van der Waals surface area contributed by atoms with Gasteiger partial charge in [0.1, 0.15) is 17.4 Å². The van der Waals surface area contributed by atoms with Crippen LogP contribution in [-0.2, 0) is 0 Å². The van der Waals surface area contributed by atoms with E-state index in [4.69, 9.17) is 5.11 Å². The fourth-order valence-electron chi connectivity index (χ4n) is 1.43. The van der Waals surface area contributed by atoms with Gasteiger partial charge in [0.05, 0.1) is 0 Å². The number of hydrogen-bond donors (Lipinski definition) is 1. The molecule has 0 fully saturated rings. The van der Waals surface area contributed by atoms with E-state index in [1.807, 2.05) is 0 Å². The first-order valence-corrected chi connectivity index (χ1v) is 5.31. The van der Waals surface area contributed by atoms with E-state index in [-0.39, 0.29) is 16.9 Å². The molecule has 82 valence electrons. The van der Waals surface area contributed by atoms with Gasteiger partial charge in [0.2, 0.25) is 0 Å². The van der Waals surface area contributed by atoms with Crippen molar-refractivity contribution in [3.05, 3.63) is 52.5 Å². The Labute approximate surface area is 99.5 Å². The molecule has 0 atom stereocenters. The molecule has 4 heteroatoms. The van der Waals surface area contributed by atoms with Crippen LogP contribution in [0.25, 0.3) is 11.1 Å².